The van der Waals surface area contributed by atoms with Crippen LogP contribution in [0.2, 0.25) is 0 Å². The monoisotopic (exact) mass is 343 g/mol. The van der Waals surface area contributed by atoms with Crippen molar-refractivity contribution in [3.8, 4) is 0 Å². The summed E-state index contributed by atoms with van der Waals surface area (Å²) in [6.45, 7) is 1.18. The van der Waals surface area contributed by atoms with E-state index in [0.29, 0.717) is 36.5 Å². The fourth-order valence-electron chi connectivity index (χ4n) is 2.83. The highest BCUT2D eigenvalue weighted by molar-refractivity contribution is 5.69. The van der Waals surface area contributed by atoms with Gasteiger partial charge in [0, 0.05) is 32.9 Å². The number of H-pyrrole nitrogens is 1. The third-order valence-electron chi connectivity index (χ3n) is 4.19. The zero-order chi connectivity index (χ0) is 18.0. The van der Waals surface area contributed by atoms with Crippen molar-refractivity contribution in [1.29, 1.82) is 0 Å². The second-order valence-corrected chi connectivity index (χ2v) is 5.92. The maximum Gasteiger partial charge on any atom is 0.332 e. The van der Waals surface area contributed by atoms with Gasteiger partial charge in [0.25, 0.3) is 5.56 Å². The number of rotatable bonds is 6. The van der Waals surface area contributed by atoms with Crippen LogP contribution in [-0.4, -0.2) is 37.4 Å². The normalized spacial score (nSPS) is 11.2. The molecule has 2 heterocycles. The summed E-state index contributed by atoms with van der Waals surface area (Å²) in [6, 6.07) is 9.79. The van der Waals surface area contributed by atoms with Crippen LogP contribution in [0.3, 0.4) is 0 Å². The van der Waals surface area contributed by atoms with E-state index in [4.69, 9.17) is 5.11 Å². The molecular weight excluding hydrogens is 322 g/mol. The molecule has 0 unspecified atom stereocenters. The number of aliphatic hydroxyl groups excluding tert-OH is 1. The summed E-state index contributed by atoms with van der Waals surface area (Å²) in [6.07, 6.45) is 0.620. The molecule has 1 aromatic carbocycles. The lowest BCUT2D eigenvalue weighted by Gasteiger charge is -2.23. The van der Waals surface area contributed by atoms with Crippen molar-refractivity contribution in [2.24, 2.45) is 14.1 Å². The number of nitrogens with zero attached hydrogens (tertiary/aromatic N) is 4. The van der Waals surface area contributed by atoms with E-state index < -0.39 is 11.2 Å². The van der Waals surface area contributed by atoms with Gasteiger partial charge in [0.05, 0.1) is 6.54 Å². The van der Waals surface area contributed by atoms with Crippen LogP contribution in [-0.2, 0) is 20.6 Å². The lowest BCUT2D eigenvalue weighted by molar-refractivity contribution is 0.289. The molecule has 8 nitrogen and oxygen atoms in total. The Labute approximate surface area is 144 Å². The first kappa shape index (κ1) is 17.0. The minimum Gasteiger partial charge on any atom is -0.396 e. The van der Waals surface area contributed by atoms with Crippen LogP contribution in [0, 0.1) is 0 Å². The largest absolute Gasteiger partial charge is 0.396 e. The van der Waals surface area contributed by atoms with Crippen LogP contribution >= 0.6 is 0 Å². The molecule has 0 spiro atoms. The number of benzene rings is 1. The highest BCUT2D eigenvalue weighted by atomic mass is 16.3. The Kier molecular flexibility index (Phi) is 4.71. The van der Waals surface area contributed by atoms with Crippen molar-refractivity contribution in [2.75, 3.05) is 18.1 Å². The number of aromatic amines is 1. The zero-order valence-electron chi connectivity index (χ0n) is 14.3. The maximum absolute atomic E-state index is 12.3. The lowest BCUT2D eigenvalue weighted by Crippen LogP contribution is -2.36. The quantitative estimate of drug-likeness (QED) is 0.673. The maximum atomic E-state index is 12.3. The van der Waals surface area contributed by atoms with Gasteiger partial charge >= 0.3 is 5.69 Å². The van der Waals surface area contributed by atoms with E-state index in [2.05, 4.69) is 14.9 Å². The smallest absolute Gasteiger partial charge is 0.332 e. The molecule has 8 heteroatoms. The first-order chi connectivity index (χ1) is 12.0. The van der Waals surface area contributed by atoms with Gasteiger partial charge in [0.2, 0.25) is 0 Å². The van der Waals surface area contributed by atoms with Crippen LogP contribution in [0.4, 0.5) is 5.69 Å². The third-order valence-corrected chi connectivity index (χ3v) is 4.19. The Morgan fingerprint density at radius 2 is 1.88 bits per heavy atom. The lowest BCUT2D eigenvalue weighted by atomic mass is 10.2. The highest BCUT2D eigenvalue weighted by Crippen LogP contribution is 2.17. The third kappa shape index (κ3) is 3.20. The predicted octanol–water partition coefficient (Wildman–Crippen LogP) is 0.349. The summed E-state index contributed by atoms with van der Waals surface area (Å²) in [5.41, 5.74) is 0.862. The molecule has 132 valence electrons. The predicted molar refractivity (Wildman–Crippen MR) is 95.8 cm³/mol. The Bertz CT molecular complexity index is 987. The summed E-state index contributed by atoms with van der Waals surface area (Å²) in [4.78, 5) is 33.9. The number of para-hydroxylation sites is 1. The number of fused-ring (bicyclic) bond motifs is 1. The van der Waals surface area contributed by atoms with Crippen LogP contribution in [0.25, 0.3) is 11.2 Å². The number of hydrogen-bond acceptors (Lipinski definition) is 5. The molecule has 0 saturated heterocycles. The molecule has 0 radical (unpaired) electrons. The van der Waals surface area contributed by atoms with Gasteiger partial charge < -0.3 is 15.0 Å². The second-order valence-electron chi connectivity index (χ2n) is 5.92. The fraction of sp³-hybridized carbons (Fsp3) is 0.353. The second kappa shape index (κ2) is 6.94. The summed E-state index contributed by atoms with van der Waals surface area (Å²) in [5, 5.41) is 9.14. The van der Waals surface area contributed by atoms with Gasteiger partial charge in [-0.1, -0.05) is 18.2 Å². The highest BCUT2D eigenvalue weighted by Gasteiger charge is 2.15. The molecule has 0 aliphatic carbocycles. The van der Waals surface area contributed by atoms with Gasteiger partial charge in [0.15, 0.2) is 5.65 Å². The van der Waals surface area contributed by atoms with Crippen molar-refractivity contribution in [3.63, 3.8) is 0 Å². The SMILES string of the molecule is Cn1c(=O)c2[nH]c(CN(CCCO)c3ccccc3)nc2n(C)c1=O. The van der Waals surface area contributed by atoms with Gasteiger partial charge in [-0.05, 0) is 18.6 Å². The van der Waals surface area contributed by atoms with Crippen LogP contribution in [0.15, 0.2) is 39.9 Å². The molecule has 0 aliphatic rings. The number of imidazole rings is 1. The van der Waals surface area contributed by atoms with E-state index in [1.807, 2.05) is 30.3 Å². The Hall–Kier alpha value is -2.87. The van der Waals surface area contributed by atoms with Crippen molar-refractivity contribution in [3.05, 3.63) is 57.0 Å². The molecule has 3 aromatic rings. The van der Waals surface area contributed by atoms with Gasteiger partial charge in [-0.15, -0.1) is 0 Å². The first-order valence-electron chi connectivity index (χ1n) is 8.08. The molecule has 0 atom stereocenters. The summed E-state index contributed by atoms with van der Waals surface area (Å²) >= 11 is 0. The molecule has 2 aromatic heterocycles. The number of anilines is 1. The molecule has 2 N–H and O–H groups in total. The Balaban J connectivity index is 2.00. The topological polar surface area (TPSA) is 96.2 Å². The van der Waals surface area contributed by atoms with Gasteiger partial charge in [-0.25, -0.2) is 9.78 Å². The van der Waals surface area contributed by atoms with E-state index in [1.54, 1.807) is 7.05 Å². The summed E-state index contributed by atoms with van der Waals surface area (Å²) < 4.78 is 2.42. The van der Waals surface area contributed by atoms with Gasteiger partial charge in [-0.2, -0.15) is 0 Å². The van der Waals surface area contributed by atoms with E-state index in [0.717, 1.165) is 10.3 Å². The van der Waals surface area contributed by atoms with Gasteiger partial charge in [0.1, 0.15) is 11.3 Å². The molecule has 0 aliphatic heterocycles. The van der Waals surface area contributed by atoms with E-state index in [-0.39, 0.29) is 6.61 Å². The van der Waals surface area contributed by atoms with Crippen molar-refractivity contribution >= 4 is 16.9 Å². The van der Waals surface area contributed by atoms with Crippen molar-refractivity contribution in [2.45, 2.75) is 13.0 Å². The number of aliphatic hydroxyl groups is 1. The number of aryl methyl sites for hydroxylation is 1. The average Bonchev–Trinajstić information content (AvgIpc) is 3.06. The molecule has 0 saturated carbocycles. The van der Waals surface area contributed by atoms with Crippen LogP contribution in [0.1, 0.15) is 12.2 Å². The van der Waals surface area contributed by atoms with Crippen molar-refractivity contribution in [1.82, 2.24) is 19.1 Å². The molecule has 0 fully saturated rings. The summed E-state index contributed by atoms with van der Waals surface area (Å²) in [5.74, 6) is 0.593. The van der Waals surface area contributed by atoms with E-state index in [1.165, 1.54) is 11.6 Å². The molecule has 25 heavy (non-hydrogen) atoms. The van der Waals surface area contributed by atoms with E-state index in [9.17, 15) is 9.59 Å². The number of aromatic nitrogens is 4. The molecule has 0 amide bonds. The minimum atomic E-state index is -0.407. The molecular formula is C17H21N5O3. The zero-order valence-corrected chi connectivity index (χ0v) is 14.3. The number of hydrogen-bond donors (Lipinski definition) is 2. The van der Waals surface area contributed by atoms with Gasteiger partial charge in [-0.3, -0.25) is 13.9 Å². The molecule has 3 rings (SSSR count). The van der Waals surface area contributed by atoms with Crippen LogP contribution < -0.4 is 16.1 Å². The molecule has 0 bridgehead atoms. The Morgan fingerprint density at radius 3 is 2.56 bits per heavy atom. The van der Waals surface area contributed by atoms with Crippen LogP contribution in [0.5, 0.6) is 0 Å². The Morgan fingerprint density at radius 1 is 1.16 bits per heavy atom. The number of nitrogens with one attached hydrogen (secondary N) is 1. The van der Waals surface area contributed by atoms with Crippen molar-refractivity contribution < 1.29 is 5.11 Å². The summed E-state index contributed by atoms with van der Waals surface area (Å²) in [7, 11) is 3.04. The standard InChI is InChI=1S/C17H21N5O3/c1-20-15-14(16(24)21(2)17(20)25)18-13(19-15)11-22(9-6-10-23)12-7-4-3-5-8-12/h3-5,7-8,23H,6,9-11H2,1-2H3,(H,18,19). The first-order valence-corrected chi connectivity index (χ1v) is 8.08. The average molecular weight is 343 g/mol. The minimum absolute atomic E-state index is 0.0957. The fourth-order valence-corrected chi connectivity index (χ4v) is 2.83. The van der Waals surface area contributed by atoms with E-state index >= 15 is 0 Å².